The van der Waals surface area contributed by atoms with E-state index in [9.17, 15) is 9.59 Å². The van der Waals surface area contributed by atoms with Gasteiger partial charge in [0, 0.05) is 19.0 Å². The van der Waals surface area contributed by atoms with E-state index in [0.717, 1.165) is 24.1 Å². The minimum atomic E-state index is -0.0341. The highest BCUT2D eigenvalue weighted by Crippen LogP contribution is 2.36. The van der Waals surface area contributed by atoms with Gasteiger partial charge < -0.3 is 9.32 Å². The fourth-order valence-electron chi connectivity index (χ4n) is 3.08. The van der Waals surface area contributed by atoms with Crippen molar-refractivity contribution >= 4 is 51.4 Å². The Kier molecular flexibility index (Phi) is 7.53. The molecule has 0 radical (unpaired) electrons. The monoisotopic (exact) mass is 492 g/mol. The van der Waals surface area contributed by atoms with Crippen LogP contribution in [-0.4, -0.2) is 55.4 Å². The van der Waals surface area contributed by atoms with E-state index in [1.54, 1.807) is 9.80 Å². The molecule has 1 aliphatic carbocycles. The molecular weight excluding hydrogens is 468 g/mol. The van der Waals surface area contributed by atoms with Crippen LogP contribution >= 0.6 is 34.4 Å². The van der Waals surface area contributed by atoms with Crippen molar-refractivity contribution in [2.45, 2.75) is 56.5 Å². The van der Waals surface area contributed by atoms with Gasteiger partial charge in [0.25, 0.3) is 5.89 Å². The average molecular weight is 493 g/mol. The molecule has 0 aliphatic heterocycles. The van der Waals surface area contributed by atoms with Gasteiger partial charge in [-0.2, -0.15) is 0 Å². The van der Waals surface area contributed by atoms with E-state index in [4.69, 9.17) is 4.42 Å². The maximum absolute atomic E-state index is 12.9. The van der Waals surface area contributed by atoms with Gasteiger partial charge in [0.2, 0.25) is 22.8 Å². The van der Waals surface area contributed by atoms with E-state index in [2.05, 4.69) is 20.4 Å². The number of carbonyl (C=O) groups excluding carboxylic acids is 2. The number of nitrogens with zero attached hydrogens (tertiary/aromatic N) is 6. The molecular formula is C20H24N6O3S3. The Hall–Kier alpha value is -2.31. The van der Waals surface area contributed by atoms with Gasteiger partial charge in [-0.3, -0.25) is 14.5 Å². The zero-order chi connectivity index (χ0) is 22.5. The quantitative estimate of drug-likeness (QED) is 0.291. The van der Waals surface area contributed by atoms with E-state index in [-0.39, 0.29) is 30.2 Å². The standard InChI is InChI=1S/C20H24N6O3S3/c1-3-9-25(11-15-21-22-18(29-15)14-6-5-10-30-14)17(28)12-31-20-24-23-19(32-20)26(13-7-8-13)16(27)4-2/h5-6,10,13H,3-4,7-9,11-12H2,1-2H3. The fraction of sp³-hybridized carbons (Fsp3) is 0.500. The van der Waals surface area contributed by atoms with Gasteiger partial charge in [0.1, 0.15) is 0 Å². The number of rotatable bonds is 11. The Morgan fingerprint density at radius 1 is 1.19 bits per heavy atom. The molecule has 3 heterocycles. The minimum absolute atomic E-state index is 0.0341. The third-order valence-corrected chi connectivity index (χ3v) is 7.67. The largest absolute Gasteiger partial charge is 0.418 e. The lowest BCUT2D eigenvalue weighted by atomic mass is 10.4. The Bertz CT molecular complexity index is 1050. The summed E-state index contributed by atoms with van der Waals surface area (Å²) in [7, 11) is 0. The van der Waals surface area contributed by atoms with Crippen LogP contribution < -0.4 is 4.90 Å². The maximum Gasteiger partial charge on any atom is 0.257 e. The number of thioether (sulfide) groups is 1. The third kappa shape index (κ3) is 5.54. The van der Waals surface area contributed by atoms with Crippen LogP contribution in [-0.2, 0) is 16.1 Å². The molecule has 9 nitrogen and oxygen atoms in total. The molecule has 0 aromatic carbocycles. The van der Waals surface area contributed by atoms with Crippen molar-refractivity contribution in [3.63, 3.8) is 0 Å². The molecule has 3 aromatic heterocycles. The summed E-state index contributed by atoms with van der Waals surface area (Å²) in [6.07, 6.45) is 3.26. The highest BCUT2D eigenvalue weighted by molar-refractivity contribution is 8.01. The van der Waals surface area contributed by atoms with Crippen LogP contribution in [0.25, 0.3) is 10.8 Å². The molecule has 0 spiro atoms. The lowest BCUT2D eigenvalue weighted by Gasteiger charge is -2.19. The molecule has 4 rings (SSSR count). The lowest BCUT2D eigenvalue weighted by Crippen LogP contribution is -2.32. The first-order valence-electron chi connectivity index (χ1n) is 10.5. The maximum atomic E-state index is 12.9. The summed E-state index contributed by atoms with van der Waals surface area (Å²) in [5.74, 6) is 1.14. The molecule has 0 N–H and O–H groups in total. The van der Waals surface area contributed by atoms with Crippen molar-refractivity contribution in [2.75, 3.05) is 17.2 Å². The smallest absolute Gasteiger partial charge is 0.257 e. The second-order valence-electron chi connectivity index (χ2n) is 7.28. The van der Waals surface area contributed by atoms with Crippen LogP contribution in [0.1, 0.15) is 45.4 Å². The first-order valence-corrected chi connectivity index (χ1v) is 13.2. The number of aromatic nitrogens is 4. The third-order valence-electron chi connectivity index (χ3n) is 4.78. The molecule has 32 heavy (non-hydrogen) atoms. The molecule has 170 valence electrons. The van der Waals surface area contributed by atoms with Crippen molar-refractivity contribution in [3.05, 3.63) is 23.4 Å². The SMILES string of the molecule is CCCN(Cc1nnc(-c2cccs2)o1)C(=O)CSc1nnc(N(C(=O)CC)C2CC2)s1. The van der Waals surface area contributed by atoms with Crippen LogP contribution in [0.4, 0.5) is 5.13 Å². The van der Waals surface area contributed by atoms with Crippen molar-refractivity contribution in [1.82, 2.24) is 25.3 Å². The van der Waals surface area contributed by atoms with E-state index in [0.29, 0.717) is 34.2 Å². The van der Waals surface area contributed by atoms with Crippen LogP contribution in [0.2, 0.25) is 0 Å². The van der Waals surface area contributed by atoms with E-state index < -0.39 is 0 Å². The normalized spacial score (nSPS) is 13.3. The van der Waals surface area contributed by atoms with Crippen LogP contribution in [0.5, 0.6) is 0 Å². The Balaban J connectivity index is 1.35. The minimum Gasteiger partial charge on any atom is -0.418 e. The number of thiophene rings is 1. The zero-order valence-corrected chi connectivity index (χ0v) is 20.3. The molecule has 0 unspecified atom stereocenters. The summed E-state index contributed by atoms with van der Waals surface area (Å²) in [5.41, 5.74) is 0. The van der Waals surface area contributed by atoms with E-state index in [1.165, 1.54) is 34.4 Å². The second kappa shape index (κ2) is 10.5. The van der Waals surface area contributed by atoms with Crippen molar-refractivity contribution < 1.29 is 14.0 Å². The Morgan fingerprint density at radius 2 is 2.03 bits per heavy atom. The van der Waals surface area contributed by atoms with Crippen molar-refractivity contribution in [3.8, 4) is 10.8 Å². The first-order chi connectivity index (χ1) is 15.6. The number of hydrogen-bond acceptors (Lipinski definition) is 10. The highest BCUT2D eigenvalue weighted by Gasteiger charge is 2.35. The van der Waals surface area contributed by atoms with Crippen molar-refractivity contribution in [2.24, 2.45) is 0 Å². The van der Waals surface area contributed by atoms with Gasteiger partial charge in [-0.1, -0.05) is 43.0 Å². The molecule has 1 saturated carbocycles. The first kappa shape index (κ1) is 22.9. The molecule has 0 atom stereocenters. The fourth-order valence-corrected chi connectivity index (χ4v) is 5.56. The molecule has 0 saturated heterocycles. The average Bonchev–Trinajstić information content (AvgIpc) is 3.19. The molecule has 12 heteroatoms. The summed E-state index contributed by atoms with van der Waals surface area (Å²) >= 11 is 4.22. The zero-order valence-electron chi connectivity index (χ0n) is 17.9. The van der Waals surface area contributed by atoms with Gasteiger partial charge >= 0.3 is 0 Å². The summed E-state index contributed by atoms with van der Waals surface area (Å²) in [6, 6.07) is 4.08. The van der Waals surface area contributed by atoms with E-state index >= 15 is 0 Å². The van der Waals surface area contributed by atoms with Gasteiger partial charge in [-0.05, 0) is 30.7 Å². The summed E-state index contributed by atoms with van der Waals surface area (Å²) in [5, 5.41) is 19.1. The van der Waals surface area contributed by atoms with Crippen LogP contribution in [0.15, 0.2) is 26.3 Å². The molecule has 3 aromatic rings. The van der Waals surface area contributed by atoms with Gasteiger partial charge in [0.15, 0.2) is 4.34 Å². The second-order valence-corrected chi connectivity index (χ2v) is 10.4. The van der Waals surface area contributed by atoms with E-state index in [1.807, 2.05) is 31.4 Å². The molecule has 1 aliphatic rings. The predicted octanol–water partition coefficient (Wildman–Crippen LogP) is 4.09. The number of amides is 2. The molecule has 0 bridgehead atoms. The lowest BCUT2D eigenvalue weighted by molar-refractivity contribution is -0.129. The predicted molar refractivity (Wildman–Crippen MR) is 125 cm³/mol. The van der Waals surface area contributed by atoms with Gasteiger partial charge in [-0.15, -0.1) is 31.7 Å². The number of hydrogen-bond donors (Lipinski definition) is 0. The highest BCUT2D eigenvalue weighted by atomic mass is 32.2. The summed E-state index contributed by atoms with van der Waals surface area (Å²) in [6.45, 7) is 4.74. The number of carbonyl (C=O) groups is 2. The Labute approximate surface area is 198 Å². The van der Waals surface area contributed by atoms with Gasteiger partial charge in [-0.25, -0.2) is 0 Å². The van der Waals surface area contributed by atoms with Crippen LogP contribution in [0, 0.1) is 0 Å². The topological polar surface area (TPSA) is 105 Å². The molecule has 1 fully saturated rings. The number of anilines is 1. The summed E-state index contributed by atoms with van der Waals surface area (Å²) in [4.78, 5) is 29.5. The van der Waals surface area contributed by atoms with Crippen molar-refractivity contribution in [1.29, 1.82) is 0 Å². The van der Waals surface area contributed by atoms with Gasteiger partial charge in [0.05, 0.1) is 17.2 Å². The van der Waals surface area contributed by atoms with Crippen LogP contribution in [0.3, 0.4) is 0 Å². The summed E-state index contributed by atoms with van der Waals surface area (Å²) < 4.78 is 6.42. The Morgan fingerprint density at radius 3 is 2.72 bits per heavy atom. The molecule has 2 amide bonds.